The minimum atomic E-state index is 0.187. The number of nitrogens with zero attached hydrogens (tertiary/aromatic N) is 3. The topological polar surface area (TPSA) is 38.7 Å². The lowest BCUT2D eigenvalue weighted by Gasteiger charge is -2.09. The van der Waals surface area contributed by atoms with E-state index >= 15 is 0 Å². The van der Waals surface area contributed by atoms with E-state index in [1.54, 1.807) is 11.3 Å². The summed E-state index contributed by atoms with van der Waals surface area (Å²) >= 11 is 8.19. The van der Waals surface area contributed by atoms with Crippen LogP contribution >= 0.6 is 22.9 Å². The van der Waals surface area contributed by atoms with E-state index < -0.39 is 0 Å². The van der Waals surface area contributed by atoms with Gasteiger partial charge >= 0.3 is 0 Å². The zero-order valence-electron chi connectivity index (χ0n) is 19.0. The maximum absolute atomic E-state index is 6.40. The smallest absolute Gasteiger partial charge is 0.208 e. The Morgan fingerprint density at radius 3 is 2.00 bits per heavy atom. The fourth-order valence-electron chi connectivity index (χ4n) is 4.84. The minimum Gasteiger partial charge on any atom is -0.208 e. The minimum absolute atomic E-state index is 0.187. The van der Waals surface area contributed by atoms with Crippen LogP contribution < -0.4 is 0 Å². The summed E-state index contributed by atoms with van der Waals surface area (Å²) in [6.45, 7) is 0. The molecule has 0 saturated heterocycles. The van der Waals surface area contributed by atoms with Gasteiger partial charge in [-0.25, -0.2) is 4.98 Å². The molecule has 0 fully saturated rings. The molecule has 0 N–H and O–H groups in total. The molecule has 0 bridgehead atoms. The van der Waals surface area contributed by atoms with E-state index in [4.69, 9.17) is 16.6 Å². The van der Waals surface area contributed by atoms with Crippen molar-refractivity contribution in [2.45, 2.75) is 0 Å². The van der Waals surface area contributed by atoms with Crippen molar-refractivity contribution in [2.24, 2.45) is 0 Å². The molecule has 5 aromatic carbocycles. The van der Waals surface area contributed by atoms with E-state index in [-0.39, 0.29) is 5.28 Å². The molecule has 0 aliphatic rings. The number of halogens is 1. The van der Waals surface area contributed by atoms with Gasteiger partial charge in [-0.2, -0.15) is 9.97 Å². The van der Waals surface area contributed by atoms with Crippen molar-refractivity contribution < 1.29 is 0 Å². The molecule has 5 heteroatoms. The van der Waals surface area contributed by atoms with Crippen LogP contribution in [0.25, 0.3) is 64.8 Å². The molecule has 2 aromatic heterocycles. The third-order valence-electron chi connectivity index (χ3n) is 6.46. The summed E-state index contributed by atoms with van der Waals surface area (Å²) in [4.78, 5) is 13.8. The van der Waals surface area contributed by atoms with E-state index in [9.17, 15) is 0 Å². The highest BCUT2D eigenvalue weighted by Gasteiger charge is 2.19. The molecule has 0 saturated carbocycles. The van der Waals surface area contributed by atoms with Gasteiger partial charge in [0, 0.05) is 31.3 Å². The lowest BCUT2D eigenvalue weighted by atomic mass is 9.95. The predicted octanol–water partition coefficient (Wildman–Crippen LogP) is 9.05. The van der Waals surface area contributed by atoms with Gasteiger partial charge in [-0.1, -0.05) is 97.1 Å². The summed E-state index contributed by atoms with van der Waals surface area (Å²) in [5.41, 5.74) is 4.29. The van der Waals surface area contributed by atoms with Crippen LogP contribution in [-0.4, -0.2) is 15.0 Å². The Bertz CT molecular complexity index is 1900. The molecule has 0 atom stereocenters. The van der Waals surface area contributed by atoms with Gasteiger partial charge in [0.15, 0.2) is 11.6 Å². The average molecular weight is 500 g/mol. The van der Waals surface area contributed by atoms with Crippen LogP contribution in [0.2, 0.25) is 5.28 Å². The Morgan fingerprint density at radius 2 is 1.19 bits per heavy atom. The number of fused-ring (bicyclic) bond motifs is 5. The van der Waals surface area contributed by atoms with E-state index in [1.165, 1.54) is 37.4 Å². The second-order valence-electron chi connectivity index (χ2n) is 8.62. The Labute approximate surface area is 216 Å². The molecule has 7 rings (SSSR count). The van der Waals surface area contributed by atoms with Gasteiger partial charge in [-0.15, -0.1) is 11.3 Å². The summed E-state index contributed by atoms with van der Waals surface area (Å²) in [6, 6.07) is 37.7. The van der Waals surface area contributed by atoms with E-state index in [1.807, 2.05) is 30.3 Å². The van der Waals surface area contributed by atoms with E-state index in [0.29, 0.717) is 11.6 Å². The molecule has 2 heterocycles. The van der Waals surface area contributed by atoms with Crippen LogP contribution in [0.15, 0.2) is 109 Å². The van der Waals surface area contributed by atoms with Crippen molar-refractivity contribution in [3.63, 3.8) is 0 Å². The van der Waals surface area contributed by atoms with E-state index in [2.05, 4.69) is 88.8 Å². The molecule has 0 spiro atoms. The van der Waals surface area contributed by atoms with Crippen molar-refractivity contribution in [2.75, 3.05) is 0 Å². The Hall–Kier alpha value is -4.12. The Balaban J connectivity index is 1.56. The largest absolute Gasteiger partial charge is 0.226 e. The van der Waals surface area contributed by atoms with Crippen LogP contribution in [-0.2, 0) is 0 Å². The number of thiophene rings is 1. The van der Waals surface area contributed by atoms with Gasteiger partial charge in [-0.05, 0) is 45.6 Å². The molecule has 0 aliphatic heterocycles. The van der Waals surface area contributed by atoms with Crippen molar-refractivity contribution >= 4 is 53.9 Å². The number of hydrogen-bond acceptors (Lipinski definition) is 4. The maximum atomic E-state index is 6.40. The van der Waals surface area contributed by atoms with Crippen molar-refractivity contribution in [1.29, 1.82) is 0 Å². The molecule has 170 valence electrons. The van der Waals surface area contributed by atoms with Crippen LogP contribution in [0.5, 0.6) is 0 Å². The summed E-state index contributed by atoms with van der Waals surface area (Å²) in [5, 5.41) is 5.11. The SMILES string of the molecule is Clc1nc(-c2ccccc2)nc(-c2cccc3c2sc2c4ccccc4cc(-c4ccccc4)c32)n1. The lowest BCUT2D eigenvalue weighted by Crippen LogP contribution is -1.97. The fourth-order valence-corrected chi connectivity index (χ4v) is 6.37. The fraction of sp³-hybridized carbons (Fsp3) is 0. The van der Waals surface area contributed by atoms with Crippen molar-refractivity contribution in [1.82, 2.24) is 15.0 Å². The summed E-state index contributed by atoms with van der Waals surface area (Å²) < 4.78 is 2.40. The highest BCUT2D eigenvalue weighted by atomic mass is 35.5. The first-order chi connectivity index (χ1) is 17.8. The van der Waals surface area contributed by atoms with Gasteiger partial charge < -0.3 is 0 Å². The Kier molecular flexibility index (Phi) is 5.01. The van der Waals surface area contributed by atoms with Crippen LogP contribution in [0.4, 0.5) is 0 Å². The normalized spacial score (nSPS) is 11.5. The number of benzene rings is 5. The van der Waals surface area contributed by atoms with Crippen molar-refractivity contribution in [3.05, 3.63) is 114 Å². The number of hydrogen-bond donors (Lipinski definition) is 0. The number of aromatic nitrogens is 3. The first kappa shape index (κ1) is 21.2. The third-order valence-corrected chi connectivity index (χ3v) is 7.90. The highest BCUT2D eigenvalue weighted by molar-refractivity contribution is 7.27. The van der Waals surface area contributed by atoms with Gasteiger partial charge in [0.1, 0.15) is 0 Å². The molecular weight excluding hydrogens is 482 g/mol. The standard InChI is InChI=1S/C31H18ClN3S/c32-31-34-29(20-12-5-2-6-13-20)33-30(35-31)24-17-9-16-23-26-25(19-10-3-1-4-11-19)18-21-14-7-8-15-22(21)28(26)36-27(23)24/h1-18H. The third kappa shape index (κ3) is 3.46. The molecular formula is C31H18ClN3S. The van der Waals surface area contributed by atoms with Crippen LogP contribution in [0.1, 0.15) is 0 Å². The first-order valence-corrected chi connectivity index (χ1v) is 12.9. The van der Waals surface area contributed by atoms with Crippen molar-refractivity contribution in [3.8, 4) is 33.9 Å². The molecule has 0 amide bonds. The monoisotopic (exact) mass is 499 g/mol. The van der Waals surface area contributed by atoms with Crippen LogP contribution in [0, 0.1) is 0 Å². The quantitative estimate of drug-likeness (QED) is 0.243. The van der Waals surface area contributed by atoms with Gasteiger partial charge in [0.05, 0.1) is 0 Å². The zero-order chi connectivity index (χ0) is 24.1. The molecule has 0 unspecified atom stereocenters. The second-order valence-corrected chi connectivity index (χ2v) is 9.98. The maximum Gasteiger partial charge on any atom is 0.226 e. The highest BCUT2D eigenvalue weighted by Crippen LogP contribution is 2.46. The average Bonchev–Trinajstić information content (AvgIpc) is 3.33. The second kappa shape index (κ2) is 8.52. The summed E-state index contributed by atoms with van der Waals surface area (Å²) in [7, 11) is 0. The summed E-state index contributed by atoms with van der Waals surface area (Å²) in [5.74, 6) is 1.15. The first-order valence-electron chi connectivity index (χ1n) is 11.7. The summed E-state index contributed by atoms with van der Waals surface area (Å²) in [6.07, 6.45) is 0. The van der Waals surface area contributed by atoms with Gasteiger partial charge in [-0.3, -0.25) is 0 Å². The predicted molar refractivity (Wildman–Crippen MR) is 152 cm³/mol. The zero-order valence-corrected chi connectivity index (χ0v) is 20.6. The molecule has 7 aromatic rings. The molecule has 36 heavy (non-hydrogen) atoms. The molecule has 0 radical (unpaired) electrons. The van der Waals surface area contributed by atoms with Gasteiger partial charge in [0.25, 0.3) is 0 Å². The number of rotatable bonds is 3. The molecule has 3 nitrogen and oxygen atoms in total. The molecule has 0 aliphatic carbocycles. The Morgan fingerprint density at radius 1 is 0.528 bits per heavy atom. The van der Waals surface area contributed by atoms with Gasteiger partial charge in [0.2, 0.25) is 5.28 Å². The van der Waals surface area contributed by atoms with E-state index in [0.717, 1.165) is 15.8 Å². The lowest BCUT2D eigenvalue weighted by molar-refractivity contribution is 1.07. The van der Waals surface area contributed by atoms with Crippen LogP contribution in [0.3, 0.4) is 0 Å².